The van der Waals surface area contributed by atoms with Crippen LogP contribution >= 0.6 is 0 Å². The van der Waals surface area contributed by atoms with Gasteiger partial charge in [0, 0.05) is 24.4 Å². The summed E-state index contributed by atoms with van der Waals surface area (Å²) < 4.78 is 0. The molecule has 3 heteroatoms. The Balaban J connectivity index is 2.70. The molecule has 0 aromatic carbocycles. The van der Waals surface area contributed by atoms with Crippen molar-refractivity contribution in [3.8, 4) is 0 Å². The lowest BCUT2D eigenvalue weighted by atomic mass is 10.2. The molecule has 0 amide bonds. The first-order valence-corrected chi connectivity index (χ1v) is 3.32. The van der Waals surface area contributed by atoms with Gasteiger partial charge in [-0.2, -0.15) is 0 Å². The van der Waals surface area contributed by atoms with Crippen molar-refractivity contribution >= 4 is 5.82 Å². The molecule has 0 aliphatic carbocycles. The maximum atomic E-state index is 11.1. The molecular weight excluding hydrogens is 128 g/mol. The molecule has 0 saturated heterocycles. The molecule has 2 heterocycles. The van der Waals surface area contributed by atoms with Gasteiger partial charge in [0.05, 0.1) is 0 Å². The van der Waals surface area contributed by atoms with Gasteiger partial charge in [0.1, 0.15) is 5.82 Å². The Morgan fingerprint density at radius 1 is 1.50 bits per heavy atom. The van der Waals surface area contributed by atoms with Crippen LogP contribution in [0.25, 0.3) is 0 Å². The summed E-state index contributed by atoms with van der Waals surface area (Å²) in [6.45, 7) is 0.880. The molecule has 1 aromatic heterocycles. The molecule has 3 nitrogen and oxygen atoms in total. The number of aromatic amines is 1. The zero-order valence-corrected chi connectivity index (χ0v) is 5.48. The van der Waals surface area contributed by atoms with Crippen molar-refractivity contribution in [3.05, 3.63) is 28.0 Å². The maximum Gasteiger partial charge on any atom is 0.186 e. The molecule has 1 aliphatic rings. The summed E-state index contributed by atoms with van der Waals surface area (Å²) in [6, 6.07) is 1.56. The average Bonchev–Trinajstić information content (AvgIpc) is 2.36. The van der Waals surface area contributed by atoms with Gasteiger partial charge in [0.2, 0.25) is 0 Å². The number of hydrogen-bond donors (Lipinski definition) is 2. The summed E-state index contributed by atoms with van der Waals surface area (Å²) in [4.78, 5) is 14.0. The minimum atomic E-state index is 0.138. The molecule has 0 unspecified atom stereocenters. The predicted molar refractivity (Wildman–Crippen MR) is 39.3 cm³/mol. The Hall–Kier alpha value is -1.25. The third-order valence-corrected chi connectivity index (χ3v) is 1.74. The molecular formula is C7H8N2O. The van der Waals surface area contributed by atoms with Crippen LogP contribution in [0.1, 0.15) is 5.56 Å². The van der Waals surface area contributed by atoms with Gasteiger partial charge in [-0.3, -0.25) is 4.79 Å². The number of hydrogen-bond acceptors (Lipinski definition) is 2. The molecule has 0 spiro atoms. The van der Waals surface area contributed by atoms with E-state index in [1.165, 1.54) is 0 Å². The van der Waals surface area contributed by atoms with Gasteiger partial charge in [-0.1, -0.05) is 0 Å². The van der Waals surface area contributed by atoms with Crippen LogP contribution in [0.15, 0.2) is 17.1 Å². The van der Waals surface area contributed by atoms with Crippen LogP contribution in [0.2, 0.25) is 0 Å². The van der Waals surface area contributed by atoms with Gasteiger partial charge in [-0.25, -0.2) is 0 Å². The van der Waals surface area contributed by atoms with E-state index in [2.05, 4.69) is 10.3 Å². The number of nitrogens with one attached hydrogen (secondary N) is 2. The van der Waals surface area contributed by atoms with Crippen LogP contribution in [0.4, 0.5) is 5.82 Å². The van der Waals surface area contributed by atoms with E-state index in [0.717, 1.165) is 24.3 Å². The first-order chi connectivity index (χ1) is 4.88. The van der Waals surface area contributed by atoms with E-state index in [9.17, 15) is 4.79 Å². The molecule has 0 saturated carbocycles. The summed E-state index contributed by atoms with van der Waals surface area (Å²) in [7, 11) is 0. The zero-order chi connectivity index (χ0) is 6.97. The number of aromatic nitrogens is 1. The topological polar surface area (TPSA) is 44.9 Å². The van der Waals surface area contributed by atoms with Gasteiger partial charge in [-0.05, 0) is 6.42 Å². The summed E-state index contributed by atoms with van der Waals surface area (Å²) in [6.07, 6.45) is 2.52. The fourth-order valence-corrected chi connectivity index (χ4v) is 1.23. The number of fused-ring (bicyclic) bond motifs is 1. The fourth-order valence-electron chi connectivity index (χ4n) is 1.23. The predicted octanol–water partition coefficient (Wildman–Crippen LogP) is 0.343. The summed E-state index contributed by atoms with van der Waals surface area (Å²) in [5.74, 6) is 0.896. The van der Waals surface area contributed by atoms with E-state index in [1.54, 1.807) is 12.3 Å². The molecule has 52 valence electrons. The molecule has 1 aliphatic heterocycles. The van der Waals surface area contributed by atoms with E-state index in [-0.39, 0.29) is 5.43 Å². The molecule has 1 aromatic rings. The Bertz CT molecular complexity index is 303. The van der Waals surface area contributed by atoms with E-state index >= 15 is 0 Å². The Labute approximate surface area is 58.1 Å². The molecule has 2 N–H and O–H groups in total. The van der Waals surface area contributed by atoms with Gasteiger partial charge in [-0.15, -0.1) is 0 Å². The maximum absolute atomic E-state index is 11.1. The SMILES string of the molecule is O=c1cc[nH]c2c1CCN2. The van der Waals surface area contributed by atoms with Crippen LogP contribution < -0.4 is 10.7 Å². The van der Waals surface area contributed by atoms with Crippen molar-refractivity contribution in [1.82, 2.24) is 4.98 Å². The fraction of sp³-hybridized carbons (Fsp3) is 0.286. The molecule has 0 fully saturated rings. The molecule has 0 bridgehead atoms. The lowest BCUT2D eigenvalue weighted by molar-refractivity contribution is 1.09. The lowest BCUT2D eigenvalue weighted by Gasteiger charge is -1.94. The molecule has 10 heavy (non-hydrogen) atoms. The van der Waals surface area contributed by atoms with E-state index < -0.39 is 0 Å². The quantitative estimate of drug-likeness (QED) is 0.540. The Morgan fingerprint density at radius 2 is 2.40 bits per heavy atom. The van der Waals surface area contributed by atoms with E-state index in [4.69, 9.17) is 0 Å². The van der Waals surface area contributed by atoms with Crippen LogP contribution in [0.3, 0.4) is 0 Å². The highest BCUT2D eigenvalue weighted by atomic mass is 16.1. The average molecular weight is 136 g/mol. The monoisotopic (exact) mass is 136 g/mol. The third-order valence-electron chi connectivity index (χ3n) is 1.74. The van der Waals surface area contributed by atoms with Gasteiger partial charge < -0.3 is 10.3 Å². The zero-order valence-electron chi connectivity index (χ0n) is 5.48. The van der Waals surface area contributed by atoms with Crippen molar-refractivity contribution in [2.75, 3.05) is 11.9 Å². The van der Waals surface area contributed by atoms with Crippen LogP contribution in [-0.2, 0) is 6.42 Å². The second-order valence-corrected chi connectivity index (χ2v) is 2.37. The second-order valence-electron chi connectivity index (χ2n) is 2.37. The molecule has 2 rings (SSSR count). The molecule has 0 atom stereocenters. The second kappa shape index (κ2) is 1.87. The van der Waals surface area contributed by atoms with Crippen molar-refractivity contribution in [1.29, 1.82) is 0 Å². The van der Waals surface area contributed by atoms with Crippen molar-refractivity contribution in [3.63, 3.8) is 0 Å². The van der Waals surface area contributed by atoms with E-state index in [1.807, 2.05) is 0 Å². The van der Waals surface area contributed by atoms with Crippen LogP contribution in [0.5, 0.6) is 0 Å². The summed E-state index contributed by atoms with van der Waals surface area (Å²) in [5.41, 5.74) is 1.03. The Morgan fingerprint density at radius 3 is 3.20 bits per heavy atom. The standard InChI is InChI=1S/C7H8N2O/c10-6-2-4-9-7-5(6)1-3-8-7/h2,4H,1,3H2,(H2,8,9,10). The largest absolute Gasteiger partial charge is 0.371 e. The number of anilines is 1. The highest BCUT2D eigenvalue weighted by Crippen LogP contribution is 2.12. The van der Waals surface area contributed by atoms with Gasteiger partial charge in [0.15, 0.2) is 5.43 Å². The van der Waals surface area contributed by atoms with Gasteiger partial charge >= 0.3 is 0 Å². The highest BCUT2D eigenvalue weighted by molar-refractivity contribution is 5.48. The number of pyridine rings is 1. The van der Waals surface area contributed by atoms with Gasteiger partial charge in [0.25, 0.3) is 0 Å². The smallest absolute Gasteiger partial charge is 0.186 e. The third kappa shape index (κ3) is 0.635. The number of H-pyrrole nitrogens is 1. The highest BCUT2D eigenvalue weighted by Gasteiger charge is 2.11. The minimum Gasteiger partial charge on any atom is -0.371 e. The van der Waals surface area contributed by atoms with Crippen molar-refractivity contribution in [2.45, 2.75) is 6.42 Å². The minimum absolute atomic E-state index is 0.138. The Kier molecular flexibility index (Phi) is 1.03. The number of rotatable bonds is 0. The summed E-state index contributed by atoms with van der Waals surface area (Å²) in [5, 5.41) is 3.09. The van der Waals surface area contributed by atoms with Crippen LogP contribution in [-0.4, -0.2) is 11.5 Å². The molecule has 0 radical (unpaired) electrons. The normalized spacial score (nSPS) is 14.4. The summed E-state index contributed by atoms with van der Waals surface area (Å²) >= 11 is 0. The first-order valence-electron chi connectivity index (χ1n) is 3.32. The van der Waals surface area contributed by atoms with Crippen molar-refractivity contribution < 1.29 is 0 Å². The first kappa shape index (κ1) is 5.53. The van der Waals surface area contributed by atoms with Crippen molar-refractivity contribution in [2.24, 2.45) is 0 Å². The van der Waals surface area contributed by atoms with Crippen LogP contribution in [0, 0.1) is 0 Å². The lowest BCUT2D eigenvalue weighted by Crippen LogP contribution is -2.04. The van der Waals surface area contributed by atoms with E-state index in [0.29, 0.717) is 0 Å².